The molecule has 3 heterocycles. The molecule has 10 nitrogen and oxygen atoms in total. The topological polar surface area (TPSA) is 141 Å². The monoisotopic (exact) mass is 549 g/mol. The van der Waals surface area contributed by atoms with Crippen LogP contribution in [-0.2, 0) is 4.74 Å². The van der Waals surface area contributed by atoms with Crippen LogP contribution >= 0.6 is 0 Å². The summed E-state index contributed by atoms with van der Waals surface area (Å²) >= 11 is 0. The summed E-state index contributed by atoms with van der Waals surface area (Å²) in [7, 11) is 0. The van der Waals surface area contributed by atoms with Gasteiger partial charge in [-0.05, 0) is 42.7 Å². The van der Waals surface area contributed by atoms with Crippen LogP contribution in [0, 0.1) is 5.82 Å². The van der Waals surface area contributed by atoms with E-state index in [9.17, 15) is 9.18 Å². The predicted molar refractivity (Wildman–Crippen MR) is 152 cm³/mol. The number of morpholine rings is 1. The Kier molecular flexibility index (Phi) is 9.04. The van der Waals surface area contributed by atoms with Gasteiger partial charge >= 0.3 is 0 Å². The summed E-state index contributed by atoms with van der Waals surface area (Å²) in [6.07, 6.45) is 7.09. The second-order valence-corrected chi connectivity index (χ2v) is 10.2. The SMILES string of the molecule is NC(=O)c1cc(F)c(NC2CCCCC2N)nc1Nc1cncc(-c2cccc(OCCN3CCOCC3)c2)c1. The number of nitrogens with one attached hydrogen (secondary N) is 2. The van der Waals surface area contributed by atoms with Crippen LogP contribution in [0.4, 0.5) is 21.7 Å². The summed E-state index contributed by atoms with van der Waals surface area (Å²) in [6.45, 7) is 4.77. The van der Waals surface area contributed by atoms with Gasteiger partial charge in [-0.25, -0.2) is 9.37 Å². The number of aromatic nitrogens is 2. The van der Waals surface area contributed by atoms with Crippen LogP contribution in [0.25, 0.3) is 11.1 Å². The first kappa shape index (κ1) is 27.8. The predicted octanol–water partition coefficient (Wildman–Crippen LogP) is 3.52. The third-order valence-electron chi connectivity index (χ3n) is 7.33. The molecule has 1 amide bonds. The Balaban J connectivity index is 1.31. The van der Waals surface area contributed by atoms with Gasteiger partial charge in [0.1, 0.15) is 18.2 Å². The number of rotatable bonds is 10. The van der Waals surface area contributed by atoms with Crippen molar-refractivity contribution in [3.63, 3.8) is 0 Å². The maximum atomic E-state index is 14.9. The van der Waals surface area contributed by atoms with Gasteiger partial charge in [0.05, 0.1) is 30.7 Å². The van der Waals surface area contributed by atoms with Crippen molar-refractivity contribution in [1.82, 2.24) is 14.9 Å². The maximum Gasteiger partial charge on any atom is 0.252 e. The van der Waals surface area contributed by atoms with Crippen LogP contribution < -0.4 is 26.8 Å². The number of amides is 1. The fourth-order valence-corrected chi connectivity index (χ4v) is 5.07. The normalized spacial score (nSPS) is 19.6. The van der Waals surface area contributed by atoms with Gasteiger partial charge in [-0.1, -0.05) is 25.0 Å². The molecule has 2 aliphatic rings. The quantitative estimate of drug-likeness (QED) is 0.299. The van der Waals surface area contributed by atoms with E-state index in [4.69, 9.17) is 20.9 Å². The Bertz CT molecular complexity index is 1320. The highest BCUT2D eigenvalue weighted by molar-refractivity contribution is 5.98. The second kappa shape index (κ2) is 13.0. The summed E-state index contributed by atoms with van der Waals surface area (Å²) < 4.78 is 26.3. The molecule has 1 aliphatic carbocycles. The van der Waals surface area contributed by atoms with E-state index in [2.05, 4.69) is 25.5 Å². The standard InChI is InChI=1S/C29H36FN7O3/c30-24-16-23(27(32)38)28(36-29(24)35-26-7-2-1-6-25(26)31)34-21-14-20(17-33-18-21)19-4-3-5-22(15-19)40-13-10-37-8-11-39-12-9-37/h3-5,14-18,25-26H,1-2,6-13,31H2,(H2,32,38)(H2,34,35,36). The number of hydrogen-bond acceptors (Lipinski definition) is 9. The number of ether oxygens (including phenoxy) is 2. The largest absolute Gasteiger partial charge is 0.492 e. The Morgan fingerprint density at radius 2 is 1.93 bits per heavy atom. The van der Waals surface area contributed by atoms with Crippen LogP contribution in [0.5, 0.6) is 5.75 Å². The van der Waals surface area contributed by atoms with Crippen LogP contribution in [0.1, 0.15) is 36.0 Å². The number of carbonyl (C=O) groups excluding carboxylic acids is 1. The van der Waals surface area contributed by atoms with Crippen molar-refractivity contribution in [2.75, 3.05) is 50.1 Å². The van der Waals surface area contributed by atoms with Crippen molar-refractivity contribution in [3.8, 4) is 16.9 Å². The van der Waals surface area contributed by atoms with Crippen molar-refractivity contribution < 1.29 is 18.7 Å². The van der Waals surface area contributed by atoms with Crippen LogP contribution in [-0.4, -0.2) is 72.3 Å². The van der Waals surface area contributed by atoms with E-state index in [1.54, 1.807) is 12.4 Å². The van der Waals surface area contributed by atoms with E-state index in [1.807, 2.05) is 30.3 Å². The molecule has 1 aliphatic heterocycles. The van der Waals surface area contributed by atoms with Gasteiger partial charge < -0.3 is 31.6 Å². The third kappa shape index (κ3) is 7.04. The molecule has 2 atom stereocenters. The lowest BCUT2D eigenvalue weighted by Crippen LogP contribution is -2.43. The molecule has 3 aromatic rings. The Labute approximate surface area is 233 Å². The second-order valence-electron chi connectivity index (χ2n) is 10.2. The minimum absolute atomic E-state index is 0.0286. The van der Waals surface area contributed by atoms with Gasteiger partial charge in [0, 0.05) is 43.5 Å². The summed E-state index contributed by atoms with van der Waals surface area (Å²) in [5.74, 6) is -0.520. The molecule has 1 saturated carbocycles. The lowest BCUT2D eigenvalue weighted by atomic mass is 9.91. The summed E-state index contributed by atoms with van der Waals surface area (Å²) in [6, 6.07) is 10.6. The van der Waals surface area contributed by atoms with Crippen LogP contribution in [0.3, 0.4) is 0 Å². The highest BCUT2D eigenvalue weighted by atomic mass is 19.1. The van der Waals surface area contributed by atoms with Crippen molar-refractivity contribution in [2.45, 2.75) is 37.8 Å². The van der Waals surface area contributed by atoms with E-state index < -0.39 is 11.7 Å². The molecule has 5 rings (SSSR count). The lowest BCUT2D eigenvalue weighted by molar-refractivity contribution is 0.0322. The number of nitrogens with two attached hydrogens (primary N) is 2. The van der Waals surface area contributed by atoms with E-state index in [0.29, 0.717) is 12.3 Å². The smallest absolute Gasteiger partial charge is 0.252 e. The average Bonchev–Trinajstić information content (AvgIpc) is 2.96. The molecular formula is C29H36FN7O3. The lowest BCUT2D eigenvalue weighted by Gasteiger charge is -2.30. The minimum Gasteiger partial charge on any atom is -0.492 e. The number of pyridine rings is 2. The average molecular weight is 550 g/mol. The Hall–Kier alpha value is -3.80. The molecule has 0 spiro atoms. The summed E-state index contributed by atoms with van der Waals surface area (Å²) in [5.41, 5.74) is 14.0. The van der Waals surface area contributed by atoms with E-state index in [-0.39, 0.29) is 29.3 Å². The Morgan fingerprint density at radius 3 is 2.73 bits per heavy atom. The van der Waals surface area contributed by atoms with Gasteiger partial charge in [-0.3, -0.25) is 14.7 Å². The van der Waals surface area contributed by atoms with Gasteiger partial charge in [0.2, 0.25) is 0 Å². The molecule has 0 radical (unpaired) electrons. The molecule has 0 bridgehead atoms. The zero-order chi connectivity index (χ0) is 27.9. The van der Waals surface area contributed by atoms with Gasteiger partial charge in [0.25, 0.3) is 5.91 Å². The van der Waals surface area contributed by atoms with Gasteiger partial charge in [-0.2, -0.15) is 0 Å². The molecule has 1 aromatic carbocycles. The van der Waals surface area contributed by atoms with E-state index >= 15 is 0 Å². The van der Waals surface area contributed by atoms with Crippen molar-refractivity contribution in [3.05, 3.63) is 60.2 Å². The molecule has 11 heteroatoms. The number of nitrogens with zero attached hydrogens (tertiary/aromatic N) is 3. The number of hydrogen-bond donors (Lipinski definition) is 4. The number of benzene rings is 1. The van der Waals surface area contributed by atoms with E-state index in [1.165, 1.54) is 0 Å². The van der Waals surface area contributed by atoms with Crippen molar-refractivity contribution >= 4 is 23.2 Å². The molecule has 40 heavy (non-hydrogen) atoms. The highest BCUT2D eigenvalue weighted by Gasteiger charge is 2.24. The van der Waals surface area contributed by atoms with Crippen LogP contribution in [0.2, 0.25) is 0 Å². The fraction of sp³-hybridized carbons (Fsp3) is 0.414. The maximum absolute atomic E-state index is 14.9. The van der Waals surface area contributed by atoms with Crippen LogP contribution in [0.15, 0.2) is 48.8 Å². The summed E-state index contributed by atoms with van der Waals surface area (Å²) in [5, 5.41) is 6.24. The molecular weight excluding hydrogens is 513 g/mol. The van der Waals surface area contributed by atoms with Crippen molar-refractivity contribution in [1.29, 1.82) is 0 Å². The molecule has 2 aromatic heterocycles. The minimum atomic E-state index is -0.791. The van der Waals surface area contributed by atoms with Crippen molar-refractivity contribution in [2.24, 2.45) is 11.5 Å². The zero-order valence-electron chi connectivity index (χ0n) is 22.4. The first-order chi connectivity index (χ1) is 19.5. The highest BCUT2D eigenvalue weighted by Crippen LogP contribution is 2.29. The van der Waals surface area contributed by atoms with E-state index in [0.717, 1.165) is 81.5 Å². The molecule has 212 valence electrons. The fourth-order valence-electron chi connectivity index (χ4n) is 5.07. The first-order valence-electron chi connectivity index (χ1n) is 13.7. The summed E-state index contributed by atoms with van der Waals surface area (Å²) in [4.78, 5) is 23.2. The number of carbonyl (C=O) groups is 1. The number of anilines is 3. The first-order valence-corrected chi connectivity index (χ1v) is 13.7. The Morgan fingerprint density at radius 1 is 1.10 bits per heavy atom. The molecule has 1 saturated heterocycles. The number of primary amides is 1. The van der Waals surface area contributed by atoms with Gasteiger partial charge in [-0.15, -0.1) is 0 Å². The third-order valence-corrected chi connectivity index (χ3v) is 7.33. The molecule has 2 unspecified atom stereocenters. The zero-order valence-corrected chi connectivity index (χ0v) is 22.4. The van der Waals surface area contributed by atoms with Gasteiger partial charge in [0.15, 0.2) is 11.6 Å². The molecule has 2 fully saturated rings. The number of halogens is 1. The molecule has 6 N–H and O–H groups in total.